The average Bonchev–Trinajstić information content (AvgIpc) is 3.17. The summed E-state index contributed by atoms with van der Waals surface area (Å²) in [4.78, 5) is 53.3. The molecule has 1 aromatic carbocycles. The number of unbranched alkanes of at least 4 members (excludes halogenated alkanes) is 1. The molecule has 0 bridgehead atoms. The molecule has 35 heavy (non-hydrogen) atoms. The van der Waals surface area contributed by atoms with Crippen LogP contribution < -0.4 is 32.7 Å². The molecule has 0 heterocycles. The highest BCUT2D eigenvalue weighted by molar-refractivity contribution is 5.95. The van der Waals surface area contributed by atoms with Gasteiger partial charge in [0.15, 0.2) is 6.19 Å². The molecular formula is C23H32N8O4. The van der Waals surface area contributed by atoms with Crippen LogP contribution in [0, 0.1) is 11.5 Å². The van der Waals surface area contributed by atoms with Gasteiger partial charge in [-0.05, 0) is 30.4 Å². The topological polar surface area (TPSA) is 205 Å². The number of hydrogen-bond acceptors (Lipinski definition) is 6. The third-order valence-corrected chi connectivity index (χ3v) is 5.61. The van der Waals surface area contributed by atoms with Crippen LogP contribution in [0.2, 0.25) is 0 Å². The van der Waals surface area contributed by atoms with Crippen LogP contribution in [0.15, 0.2) is 29.3 Å². The van der Waals surface area contributed by atoms with E-state index >= 15 is 0 Å². The highest BCUT2D eigenvalue weighted by Gasteiger charge is 2.45. The van der Waals surface area contributed by atoms with Gasteiger partial charge in [0, 0.05) is 39.3 Å². The average molecular weight is 485 g/mol. The molecule has 12 nitrogen and oxygen atoms in total. The molecular weight excluding hydrogens is 452 g/mol. The van der Waals surface area contributed by atoms with E-state index in [0.717, 1.165) is 11.1 Å². The summed E-state index contributed by atoms with van der Waals surface area (Å²) in [5.74, 6) is -1.89. The van der Waals surface area contributed by atoms with Crippen molar-refractivity contribution in [2.24, 2.45) is 16.5 Å². The van der Waals surface area contributed by atoms with Gasteiger partial charge >= 0.3 is 0 Å². The molecule has 12 heteroatoms. The highest BCUT2D eigenvalue weighted by atomic mass is 16.2. The van der Waals surface area contributed by atoms with Crippen molar-refractivity contribution < 1.29 is 19.2 Å². The zero-order valence-electron chi connectivity index (χ0n) is 19.7. The van der Waals surface area contributed by atoms with Crippen LogP contribution in [-0.2, 0) is 32.0 Å². The molecule has 1 aliphatic carbocycles. The molecule has 0 radical (unpaired) electrons. The maximum Gasteiger partial charge on any atom is 0.246 e. The molecule has 8 N–H and O–H groups in total. The second kappa shape index (κ2) is 12.9. The molecule has 4 amide bonds. The Kier molecular flexibility index (Phi) is 10.0. The molecule has 1 atom stereocenters. The number of carbonyl (C=O) groups is 4. The van der Waals surface area contributed by atoms with E-state index in [-0.39, 0.29) is 24.7 Å². The van der Waals surface area contributed by atoms with Crippen molar-refractivity contribution in [2.45, 2.75) is 57.0 Å². The number of rotatable bonds is 12. The van der Waals surface area contributed by atoms with Crippen LogP contribution in [0.4, 0.5) is 0 Å². The summed E-state index contributed by atoms with van der Waals surface area (Å²) < 4.78 is 0. The van der Waals surface area contributed by atoms with Crippen LogP contribution in [0.1, 0.15) is 43.7 Å². The van der Waals surface area contributed by atoms with E-state index in [1.54, 1.807) is 6.19 Å². The summed E-state index contributed by atoms with van der Waals surface area (Å²) in [6.07, 6.45) is 3.45. The summed E-state index contributed by atoms with van der Waals surface area (Å²) in [6.45, 7) is 2.01. The number of guanidine groups is 1. The SMILES string of the molecule is CC(=O)N[C@H](CCC(N)=O)C(=O)NC1(C(=O)NCCCCN=C(N)NC#N)Cc2ccccc2C1. The molecule has 0 aliphatic heterocycles. The Hall–Kier alpha value is -4.14. The van der Waals surface area contributed by atoms with E-state index in [4.69, 9.17) is 16.7 Å². The van der Waals surface area contributed by atoms with Crippen LogP contribution in [0.25, 0.3) is 0 Å². The van der Waals surface area contributed by atoms with Gasteiger partial charge in [0.05, 0.1) is 0 Å². The van der Waals surface area contributed by atoms with Crippen molar-refractivity contribution in [1.29, 1.82) is 5.26 Å². The normalized spacial score (nSPS) is 14.7. The van der Waals surface area contributed by atoms with E-state index in [1.807, 2.05) is 24.3 Å². The van der Waals surface area contributed by atoms with Gasteiger partial charge in [-0.25, -0.2) is 0 Å². The number of nitrogens with zero attached hydrogens (tertiary/aromatic N) is 2. The summed E-state index contributed by atoms with van der Waals surface area (Å²) in [5.41, 5.74) is 11.4. The number of primary amides is 1. The summed E-state index contributed by atoms with van der Waals surface area (Å²) in [6, 6.07) is 6.56. The predicted octanol–water partition coefficient (Wildman–Crippen LogP) is -1.31. The van der Waals surface area contributed by atoms with E-state index in [0.29, 0.717) is 38.8 Å². The third kappa shape index (κ3) is 8.29. The second-order valence-corrected chi connectivity index (χ2v) is 8.42. The predicted molar refractivity (Wildman–Crippen MR) is 128 cm³/mol. The molecule has 0 spiro atoms. The number of amides is 4. The first-order valence-electron chi connectivity index (χ1n) is 11.3. The van der Waals surface area contributed by atoms with Gasteiger partial charge in [0.2, 0.25) is 29.6 Å². The Bertz CT molecular complexity index is 992. The van der Waals surface area contributed by atoms with Crippen LogP contribution in [-0.4, -0.2) is 54.3 Å². The standard InChI is InChI=1S/C23H32N8O4/c1-15(32)30-18(8-9-19(25)33)20(34)31-23(12-16-6-2-3-7-17(16)13-23)21(35)27-10-4-5-11-28-22(26)29-14-24/h2-3,6-7,18H,4-5,8-13H2,1H3,(H2,25,33)(H,27,35)(H,30,32)(H,31,34)(H3,26,28,29)/t18-/m1/s1. The van der Waals surface area contributed by atoms with Gasteiger partial charge in [-0.3, -0.25) is 29.5 Å². The number of benzene rings is 1. The highest BCUT2D eigenvalue weighted by Crippen LogP contribution is 2.30. The first-order valence-corrected chi connectivity index (χ1v) is 11.3. The molecule has 0 aromatic heterocycles. The van der Waals surface area contributed by atoms with Crippen LogP contribution >= 0.6 is 0 Å². The minimum Gasteiger partial charge on any atom is -0.370 e. The van der Waals surface area contributed by atoms with Crippen molar-refractivity contribution in [2.75, 3.05) is 13.1 Å². The summed E-state index contributed by atoms with van der Waals surface area (Å²) >= 11 is 0. The lowest BCUT2D eigenvalue weighted by molar-refractivity contribution is -0.135. The zero-order valence-corrected chi connectivity index (χ0v) is 19.7. The molecule has 1 aliphatic rings. The second-order valence-electron chi connectivity index (χ2n) is 8.42. The Labute approximate surface area is 203 Å². The molecule has 1 aromatic rings. The minimum atomic E-state index is -1.23. The fourth-order valence-electron chi connectivity index (χ4n) is 3.95. The van der Waals surface area contributed by atoms with Gasteiger partial charge in [-0.2, -0.15) is 5.26 Å². The molecule has 188 valence electrons. The van der Waals surface area contributed by atoms with E-state index in [9.17, 15) is 19.2 Å². The first kappa shape index (κ1) is 27.1. The van der Waals surface area contributed by atoms with Gasteiger partial charge in [-0.1, -0.05) is 24.3 Å². The number of nitrogens with two attached hydrogens (primary N) is 2. The maximum atomic E-state index is 13.3. The van der Waals surface area contributed by atoms with Gasteiger partial charge in [0.25, 0.3) is 0 Å². The number of nitrogens with one attached hydrogen (secondary N) is 4. The number of fused-ring (bicyclic) bond motifs is 1. The number of carbonyl (C=O) groups excluding carboxylic acids is 4. The first-order chi connectivity index (χ1) is 16.7. The van der Waals surface area contributed by atoms with Gasteiger partial charge in [-0.15, -0.1) is 0 Å². The smallest absolute Gasteiger partial charge is 0.246 e. The lowest BCUT2D eigenvalue weighted by Gasteiger charge is -2.31. The minimum absolute atomic E-state index is 0.0235. The molecule has 0 unspecified atom stereocenters. The summed E-state index contributed by atoms with van der Waals surface area (Å²) in [5, 5.41) is 19.0. The quantitative estimate of drug-likeness (QED) is 0.0694. The van der Waals surface area contributed by atoms with Crippen molar-refractivity contribution in [1.82, 2.24) is 21.3 Å². The Morgan fingerprint density at radius 2 is 1.80 bits per heavy atom. The van der Waals surface area contributed by atoms with Crippen molar-refractivity contribution >= 4 is 29.6 Å². The van der Waals surface area contributed by atoms with E-state index < -0.39 is 29.3 Å². The third-order valence-electron chi connectivity index (χ3n) is 5.61. The summed E-state index contributed by atoms with van der Waals surface area (Å²) in [7, 11) is 0. The monoisotopic (exact) mass is 484 g/mol. The fourth-order valence-corrected chi connectivity index (χ4v) is 3.95. The Balaban J connectivity index is 2.08. The van der Waals surface area contributed by atoms with Crippen molar-refractivity contribution in [3.63, 3.8) is 0 Å². The van der Waals surface area contributed by atoms with Crippen molar-refractivity contribution in [3.8, 4) is 6.19 Å². The van der Waals surface area contributed by atoms with E-state index in [1.165, 1.54) is 6.92 Å². The van der Waals surface area contributed by atoms with E-state index in [2.05, 4.69) is 26.3 Å². The van der Waals surface area contributed by atoms with Crippen LogP contribution in [0.3, 0.4) is 0 Å². The fraction of sp³-hybridized carbons (Fsp3) is 0.478. The molecule has 0 saturated heterocycles. The number of hydrogen-bond donors (Lipinski definition) is 6. The Morgan fingerprint density at radius 3 is 2.37 bits per heavy atom. The molecule has 0 saturated carbocycles. The number of aliphatic imine (C=N–C) groups is 1. The lowest BCUT2D eigenvalue weighted by Crippen LogP contribution is -2.63. The lowest BCUT2D eigenvalue weighted by atomic mass is 9.93. The number of nitriles is 1. The van der Waals surface area contributed by atoms with Crippen molar-refractivity contribution in [3.05, 3.63) is 35.4 Å². The van der Waals surface area contributed by atoms with Gasteiger partial charge < -0.3 is 27.4 Å². The molecule has 2 rings (SSSR count). The maximum absolute atomic E-state index is 13.3. The Morgan fingerprint density at radius 1 is 1.14 bits per heavy atom. The molecule has 0 fully saturated rings. The van der Waals surface area contributed by atoms with Gasteiger partial charge in [0.1, 0.15) is 11.6 Å². The van der Waals surface area contributed by atoms with Crippen LogP contribution in [0.5, 0.6) is 0 Å². The largest absolute Gasteiger partial charge is 0.370 e. The zero-order chi connectivity index (χ0) is 25.8.